The minimum atomic E-state index is -0.850. The summed E-state index contributed by atoms with van der Waals surface area (Å²) in [6.45, 7) is 1.90. The molecule has 1 aromatic carbocycles. The van der Waals surface area contributed by atoms with Gasteiger partial charge in [0.2, 0.25) is 5.91 Å². The van der Waals surface area contributed by atoms with E-state index in [9.17, 15) is 10.1 Å². The fraction of sp³-hybridized carbons (Fsp3) is 0.429. The van der Waals surface area contributed by atoms with Crippen molar-refractivity contribution in [3.63, 3.8) is 0 Å². The van der Waals surface area contributed by atoms with Crippen molar-refractivity contribution in [1.82, 2.24) is 0 Å². The SMILES string of the molecule is Cc1ccc(NC(=O)C2(C#N)CCCC2)cc1Cl. The highest BCUT2D eigenvalue weighted by Crippen LogP contribution is 2.38. The monoisotopic (exact) mass is 262 g/mol. The number of carbonyl (C=O) groups excluding carboxylic acids is 1. The normalized spacial score (nSPS) is 17.2. The highest BCUT2D eigenvalue weighted by atomic mass is 35.5. The fourth-order valence-corrected chi connectivity index (χ4v) is 2.47. The summed E-state index contributed by atoms with van der Waals surface area (Å²) in [6, 6.07) is 7.55. The number of nitrogens with one attached hydrogen (secondary N) is 1. The first-order valence-corrected chi connectivity index (χ1v) is 6.44. The summed E-state index contributed by atoms with van der Waals surface area (Å²) in [5.41, 5.74) is 0.764. The molecule has 4 heteroatoms. The molecule has 1 fully saturated rings. The van der Waals surface area contributed by atoms with Gasteiger partial charge in [-0.05, 0) is 37.5 Å². The molecule has 0 saturated heterocycles. The summed E-state index contributed by atoms with van der Waals surface area (Å²) >= 11 is 6.01. The standard InChI is InChI=1S/C14H15ClN2O/c1-10-4-5-11(8-12(10)15)17-13(18)14(9-16)6-2-3-7-14/h4-5,8H,2-3,6-7H2,1H3,(H,17,18). The van der Waals surface area contributed by atoms with E-state index in [1.165, 1.54) is 0 Å². The first-order chi connectivity index (χ1) is 8.57. The molecule has 94 valence electrons. The Morgan fingerprint density at radius 3 is 2.67 bits per heavy atom. The Labute approximate surface area is 112 Å². The quantitative estimate of drug-likeness (QED) is 0.884. The van der Waals surface area contributed by atoms with Crippen LogP contribution in [0.2, 0.25) is 5.02 Å². The summed E-state index contributed by atoms with van der Waals surface area (Å²) in [4.78, 5) is 12.2. The zero-order valence-corrected chi connectivity index (χ0v) is 11.0. The third kappa shape index (κ3) is 2.34. The Bertz CT molecular complexity index is 513. The lowest BCUT2D eigenvalue weighted by molar-refractivity contribution is -0.122. The summed E-state index contributed by atoms with van der Waals surface area (Å²) in [5, 5.41) is 12.6. The van der Waals surface area contributed by atoms with Gasteiger partial charge in [0.1, 0.15) is 5.41 Å². The van der Waals surface area contributed by atoms with E-state index >= 15 is 0 Å². The maximum atomic E-state index is 12.2. The number of aryl methyl sites for hydroxylation is 1. The number of anilines is 1. The fourth-order valence-electron chi connectivity index (χ4n) is 2.29. The Morgan fingerprint density at radius 2 is 2.11 bits per heavy atom. The number of halogens is 1. The lowest BCUT2D eigenvalue weighted by Crippen LogP contribution is -2.32. The van der Waals surface area contributed by atoms with E-state index in [0.717, 1.165) is 18.4 Å². The van der Waals surface area contributed by atoms with Gasteiger partial charge in [-0.25, -0.2) is 0 Å². The van der Waals surface area contributed by atoms with Gasteiger partial charge in [-0.2, -0.15) is 5.26 Å². The predicted molar refractivity (Wildman–Crippen MR) is 71.3 cm³/mol. The first-order valence-electron chi connectivity index (χ1n) is 6.06. The largest absolute Gasteiger partial charge is 0.325 e. The molecule has 1 aromatic rings. The number of benzene rings is 1. The molecule has 1 N–H and O–H groups in total. The summed E-state index contributed by atoms with van der Waals surface area (Å²) in [6.07, 6.45) is 3.18. The predicted octanol–water partition coefficient (Wildman–Crippen LogP) is 3.67. The van der Waals surface area contributed by atoms with Crippen LogP contribution in [0.1, 0.15) is 31.2 Å². The molecule has 0 unspecified atom stereocenters. The molecule has 1 aliphatic carbocycles. The summed E-state index contributed by atoms with van der Waals surface area (Å²) in [7, 11) is 0. The molecule has 1 saturated carbocycles. The van der Waals surface area contributed by atoms with Crippen LogP contribution in [0.3, 0.4) is 0 Å². The molecule has 0 aromatic heterocycles. The van der Waals surface area contributed by atoms with Crippen molar-refractivity contribution in [1.29, 1.82) is 5.26 Å². The number of nitriles is 1. The lowest BCUT2D eigenvalue weighted by atomic mass is 9.87. The van der Waals surface area contributed by atoms with Gasteiger partial charge in [0.05, 0.1) is 6.07 Å². The number of amides is 1. The lowest BCUT2D eigenvalue weighted by Gasteiger charge is -2.19. The number of carbonyl (C=O) groups is 1. The van der Waals surface area contributed by atoms with Crippen LogP contribution in [-0.4, -0.2) is 5.91 Å². The van der Waals surface area contributed by atoms with E-state index in [4.69, 9.17) is 11.6 Å². The van der Waals surface area contributed by atoms with E-state index in [-0.39, 0.29) is 5.91 Å². The van der Waals surface area contributed by atoms with Crippen molar-refractivity contribution in [2.75, 3.05) is 5.32 Å². The first kappa shape index (κ1) is 12.9. The van der Waals surface area contributed by atoms with Crippen molar-refractivity contribution < 1.29 is 4.79 Å². The van der Waals surface area contributed by atoms with Crippen molar-refractivity contribution in [2.45, 2.75) is 32.6 Å². The van der Waals surface area contributed by atoms with Gasteiger partial charge in [-0.3, -0.25) is 4.79 Å². The van der Waals surface area contributed by atoms with Crippen LogP contribution in [0.15, 0.2) is 18.2 Å². The van der Waals surface area contributed by atoms with E-state index in [1.54, 1.807) is 12.1 Å². The van der Waals surface area contributed by atoms with E-state index < -0.39 is 5.41 Å². The third-order valence-electron chi connectivity index (χ3n) is 3.54. The Kier molecular flexibility index (Phi) is 3.58. The van der Waals surface area contributed by atoms with Gasteiger partial charge < -0.3 is 5.32 Å². The maximum absolute atomic E-state index is 12.2. The number of hydrogen-bond acceptors (Lipinski definition) is 2. The van der Waals surface area contributed by atoms with E-state index in [0.29, 0.717) is 23.6 Å². The molecule has 0 heterocycles. The number of nitrogens with zero attached hydrogens (tertiary/aromatic N) is 1. The minimum Gasteiger partial charge on any atom is -0.325 e. The van der Waals surface area contributed by atoms with Gasteiger partial charge >= 0.3 is 0 Å². The summed E-state index contributed by atoms with van der Waals surface area (Å²) in [5.74, 6) is -0.206. The molecular formula is C14H15ClN2O. The number of rotatable bonds is 2. The molecule has 18 heavy (non-hydrogen) atoms. The zero-order chi connectivity index (χ0) is 13.2. The van der Waals surface area contributed by atoms with Crippen LogP contribution in [0.25, 0.3) is 0 Å². The van der Waals surface area contributed by atoms with Crippen LogP contribution >= 0.6 is 11.6 Å². The van der Waals surface area contributed by atoms with Crippen LogP contribution in [0.4, 0.5) is 5.69 Å². The van der Waals surface area contributed by atoms with Crippen LogP contribution < -0.4 is 5.32 Å². The van der Waals surface area contributed by atoms with Crippen molar-refractivity contribution in [3.05, 3.63) is 28.8 Å². The van der Waals surface area contributed by atoms with Crippen LogP contribution in [-0.2, 0) is 4.79 Å². The van der Waals surface area contributed by atoms with E-state index in [2.05, 4.69) is 11.4 Å². The van der Waals surface area contributed by atoms with Gasteiger partial charge in [-0.15, -0.1) is 0 Å². The molecule has 1 amide bonds. The molecule has 0 atom stereocenters. The third-order valence-corrected chi connectivity index (χ3v) is 3.94. The van der Waals surface area contributed by atoms with Crippen molar-refractivity contribution in [2.24, 2.45) is 5.41 Å². The highest BCUT2D eigenvalue weighted by molar-refractivity contribution is 6.31. The Morgan fingerprint density at radius 1 is 1.44 bits per heavy atom. The average molecular weight is 263 g/mol. The summed E-state index contributed by atoms with van der Waals surface area (Å²) < 4.78 is 0. The smallest absolute Gasteiger partial charge is 0.244 e. The van der Waals surface area contributed by atoms with Crippen molar-refractivity contribution in [3.8, 4) is 6.07 Å². The zero-order valence-electron chi connectivity index (χ0n) is 10.3. The molecule has 1 aliphatic rings. The highest BCUT2D eigenvalue weighted by Gasteiger charge is 2.41. The van der Waals surface area contributed by atoms with E-state index in [1.807, 2.05) is 13.0 Å². The molecule has 0 aliphatic heterocycles. The number of hydrogen-bond donors (Lipinski definition) is 1. The topological polar surface area (TPSA) is 52.9 Å². The van der Waals surface area contributed by atoms with Crippen molar-refractivity contribution >= 4 is 23.2 Å². The second-order valence-electron chi connectivity index (χ2n) is 4.82. The van der Waals surface area contributed by atoms with Gasteiger partial charge in [0.15, 0.2) is 0 Å². The Hall–Kier alpha value is -1.53. The second kappa shape index (κ2) is 4.99. The van der Waals surface area contributed by atoms with Crippen LogP contribution in [0, 0.1) is 23.7 Å². The average Bonchev–Trinajstić information content (AvgIpc) is 2.84. The molecular weight excluding hydrogens is 248 g/mol. The van der Waals surface area contributed by atoms with Gasteiger partial charge in [-0.1, -0.05) is 30.5 Å². The Balaban J connectivity index is 2.16. The molecule has 0 bridgehead atoms. The van der Waals surface area contributed by atoms with Gasteiger partial charge in [0, 0.05) is 10.7 Å². The minimum absolute atomic E-state index is 0.206. The molecule has 0 radical (unpaired) electrons. The molecule has 3 nitrogen and oxygen atoms in total. The molecule has 2 rings (SSSR count). The second-order valence-corrected chi connectivity index (χ2v) is 5.23. The van der Waals surface area contributed by atoms with Crippen LogP contribution in [0.5, 0.6) is 0 Å². The molecule has 0 spiro atoms. The van der Waals surface area contributed by atoms with Gasteiger partial charge in [0.25, 0.3) is 0 Å². The maximum Gasteiger partial charge on any atom is 0.244 e.